The van der Waals surface area contributed by atoms with E-state index in [1.807, 2.05) is 12.1 Å². The number of nitrogens with zero attached hydrogens (tertiary/aromatic N) is 1. The Morgan fingerprint density at radius 1 is 1.45 bits per heavy atom. The fourth-order valence-electron chi connectivity index (χ4n) is 2.93. The molecule has 4 nitrogen and oxygen atoms in total. The Morgan fingerprint density at radius 3 is 3.10 bits per heavy atom. The molecule has 110 valence electrons. The molecule has 1 saturated heterocycles. The second-order valence-corrected chi connectivity index (χ2v) is 6.27. The lowest BCUT2D eigenvalue weighted by Gasteiger charge is -2.35. The van der Waals surface area contributed by atoms with Crippen molar-refractivity contribution in [1.29, 1.82) is 0 Å². The zero-order valence-corrected chi connectivity index (χ0v) is 12.5. The second-order valence-electron chi connectivity index (χ2n) is 5.83. The summed E-state index contributed by atoms with van der Waals surface area (Å²) in [5.74, 6) is 1.54. The molecule has 1 aromatic rings. The lowest BCUT2D eigenvalue weighted by molar-refractivity contribution is -0.0176. The van der Waals surface area contributed by atoms with E-state index in [0.717, 1.165) is 48.0 Å². The molecule has 0 spiro atoms. The van der Waals surface area contributed by atoms with Crippen LogP contribution < -0.4 is 10.5 Å². The van der Waals surface area contributed by atoms with Gasteiger partial charge in [0.25, 0.3) is 0 Å². The smallest absolute Gasteiger partial charge is 0.189 e. The van der Waals surface area contributed by atoms with E-state index < -0.39 is 0 Å². The average Bonchev–Trinajstić information content (AvgIpc) is 2.43. The number of hydrogen-bond donors (Lipinski definition) is 1. The summed E-state index contributed by atoms with van der Waals surface area (Å²) in [6, 6.07) is 4.17. The van der Waals surface area contributed by atoms with Crippen LogP contribution in [0.5, 0.6) is 5.75 Å². The Kier molecular flexibility index (Phi) is 4.17. The second kappa shape index (κ2) is 5.90. The first-order valence-corrected chi connectivity index (χ1v) is 7.51. The Hall–Kier alpha value is -0.810. The molecule has 2 aliphatic rings. The molecule has 3 rings (SSSR count). The van der Waals surface area contributed by atoms with Gasteiger partial charge in [-0.25, -0.2) is 0 Å². The van der Waals surface area contributed by atoms with Gasteiger partial charge in [-0.1, -0.05) is 18.5 Å². The van der Waals surface area contributed by atoms with Crippen LogP contribution in [-0.2, 0) is 17.9 Å². The molecule has 20 heavy (non-hydrogen) atoms. The highest BCUT2D eigenvalue weighted by Crippen LogP contribution is 2.33. The molecule has 5 heteroatoms. The van der Waals surface area contributed by atoms with E-state index in [0.29, 0.717) is 19.3 Å². The molecule has 1 aromatic carbocycles. The highest BCUT2D eigenvalue weighted by atomic mass is 35.5. The predicted molar refractivity (Wildman–Crippen MR) is 78.8 cm³/mol. The van der Waals surface area contributed by atoms with Gasteiger partial charge < -0.3 is 15.2 Å². The molecular weight excluding hydrogens is 276 g/mol. The number of ether oxygens (including phenoxy) is 2. The summed E-state index contributed by atoms with van der Waals surface area (Å²) in [5, 5.41) is 0.738. The fraction of sp³-hybridized carbons (Fsp3) is 0.600. The SMILES string of the molecule is CC1CCN(Cc2cc(Cl)cc3c2OCOC3)CC1N. The summed E-state index contributed by atoms with van der Waals surface area (Å²) in [5.41, 5.74) is 8.34. The summed E-state index contributed by atoms with van der Waals surface area (Å²) in [6.07, 6.45) is 1.15. The standard InChI is InChI=1S/C15H21ClN2O2/c1-10-2-3-18(7-14(10)17)6-11-4-13(16)5-12-8-19-9-20-15(11)12/h4-5,10,14H,2-3,6-9,17H2,1H3. The summed E-state index contributed by atoms with van der Waals surface area (Å²) >= 11 is 6.20. The molecule has 0 bridgehead atoms. The highest BCUT2D eigenvalue weighted by Gasteiger charge is 2.25. The van der Waals surface area contributed by atoms with Crippen LogP contribution in [0.1, 0.15) is 24.5 Å². The van der Waals surface area contributed by atoms with Crippen molar-refractivity contribution in [2.45, 2.75) is 32.5 Å². The molecule has 0 aliphatic carbocycles. The minimum Gasteiger partial charge on any atom is -0.467 e. The van der Waals surface area contributed by atoms with Gasteiger partial charge >= 0.3 is 0 Å². The number of likely N-dealkylation sites (tertiary alicyclic amines) is 1. The van der Waals surface area contributed by atoms with Gasteiger partial charge in [0.1, 0.15) is 5.75 Å². The van der Waals surface area contributed by atoms with E-state index in [4.69, 9.17) is 26.8 Å². The van der Waals surface area contributed by atoms with Crippen LogP contribution in [0.4, 0.5) is 0 Å². The van der Waals surface area contributed by atoms with Crippen LogP contribution >= 0.6 is 11.6 Å². The van der Waals surface area contributed by atoms with E-state index in [-0.39, 0.29) is 6.04 Å². The maximum Gasteiger partial charge on any atom is 0.189 e. The van der Waals surface area contributed by atoms with Gasteiger partial charge in [-0.3, -0.25) is 4.90 Å². The molecule has 2 aliphatic heterocycles. The van der Waals surface area contributed by atoms with Crippen LogP contribution in [0.3, 0.4) is 0 Å². The summed E-state index contributed by atoms with van der Waals surface area (Å²) in [4.78, 5) is 2.38. The minimum atomic E-state index is 0.253. The number of fused-ring (bicyclic) bond motifs is 1. The molecule has 2 atom stereocenters. The van der Waals surface area contributed by atoms with Crippen molar-refractivity contribution in [2.24, 2.45) is 11.7 Å². The first kappa shape index (κ1) is 14.1. The number of hydrogen-bond acceptors (Lipinski definition) is 4. The lowest BCUT2D eigenvalue weighted by atomic mass is 9.94. The third-order valence-corrected chi connectivity index (χ3v) is 4.46. The summed E-state index contributed by atoms with van der Waals surface area (Å²) in [7, 11) is 0. The summed E-state index contributed by atoms with van der Waals surface area (Å²) < 4.78 is 11.0. The number of piperidine rings is 1. The Bertz CT molecular complexity index is 495. The van der Waals surface area contributed by atoms with Crippen LogP contribution in [0.2, 0.25) is 5.02 Å². The predicted octanol–water partition coefficient (Wildman–Crippen LogP) is 2.38. The van der Waals surface area contributed by atoms with Gasteiger partial charge in [0.2, 0.25) is 0 Å². The van der Waals surface area contributed by atoms with Gasteiger partial charge in [-0.2, -0.15) is 0 Å². The van der Waals surface area contributed by atoms with E-state index in [2.05, 4.69) is 11.8 Å². The monoisotopic (exact) mass is 296 g/mol. The lowest BCUT2D eigenvalue weighted by Crippen LogP contribution is -2.47. The maximum atomic E-state index is 6.20. The molecule has 0 radical (unpaired) electrons. The molecule has 2 heterocycles. The molecule has 0 amide bonds. The van der Waals surface area contributed by atoms with Crippen molar-refractivity contribution in [3.05, 3.63) is 28.3 Å². The van der Waals surface area contributed by atoms with Crippen molar-refractivity contribution in [3.63, 3.8) is 0 Å². The highest BCUT2D eigenvalue weighted by molar-refractivity contribution is 6.30. The third-order valence-electron chi connectivity index (χ3n) is 4.25. The third kappa shape index (κ3) is 2.93. The topological polar surface area (TPSA) is 47.7 Å². The van der Waals surface area contributed by atoms with Crippen LogP contribution in [-0.4, -0.2) is 30.8 Å². The summed E-state index contributed by atoms with van der Waals surface area (Å²) in [6.45, 7) is 5.95. The van der Waals surface area contributed by atoms with E-state index in [1.54, 1.807) is 0 Å². The molecule has 1 fully saturated rings. The van der Waals surface area contributed by atoms with Crippen LogP contribution in [0.15, 0.2) is 12.1 Å². The van der Waals surface area contributed by atoms with E-state index in [9.17, 15) is 0 Å². The molecular formula is C15H21ClN2O2. The first-order chi connectivity index (χ1) is 9.63. The minimum absolute atomic E-state index is 0.253. The van der Waals surface area contributed by atoms with Gasteiger partial charge in [0.15, 0.2) is 6.79 Å². The normalized spacial score (nSPS) is 26.9. The van der Waals surface area contributed by atoms with Crippen LogP contribution in [0, 0.1) is 5.92 Å². The molecule has 2 N–H and O–H groups in total. The van der Waals surface area contributed by atoms with Gasteiger partial charge in [-0.15, -0.1) is 0 Å². The largest absolute Gasteiger partial charge is 0.467 e. The van der Waals surface area contributed by atoms with Gasteiger partial charge in [0, 0.05) is 35.3 Å². The Morgan fingerprint density at radius 2 is 2.30 bits per heavy atom. The number of halogens is 1. The first-order valence-electron chi connectivity index (χ1n) is 7.13. The molecule has 0 aromatic heterocycles. The Labute approximate surface area is 124 Å². The van der Waals surface area contributed by atoms with Gasteiger partial charge in [-0.05, 0) is 31.0 Å². The van der Waals surface area contributed by atoms with E-state index >= 15 is 0 Å². The zero-order chi connectivity index (χ0) is 14.1. The zero-order valence-electron chi connectivity index (χ0n) is 11.8. The molecule has 0 saturated carbocycles. The maximum absolute atomic E-state index is 6.20. The molecule has 2 unspecified atom stereocenters. The van der Waals surface area contributed by atoms with Gasteiger partial charge in [0.05, 0.1) is 6.61 Å². The number of nitrogens with two attached hydrogens (primary N) is 1. The van der Waals surface area contributed by atoms with Crippen molar-refractivity contribution in [3.8, 4) is 5.75 Å². The quantitative estimate of drug-likeness (QED) is 0.910. The van der Waals surface area contributed by atoms with Crippen molar-refractivity contribution < 1.29 is 9.47 Å². The number of rotatable bonds is 2. The van der Waals surface area contributed by atoms with Crippen molar-refractivity contribution >= 4 is 11.6 Å². The van der Waals surface area contributed by atoms with E-state index in [1.165, 1.54) is 0 Å². The van der Waals surface area contributed by atoms with Crippen molar-refractivity contribution in [2.75, 3.05) is 19.9 Å². The average molecular weight is 297 g/mol. The number of benzene rings is 1. The Balaban J connectivity index is 1.78. The van der Waals surface area contributed by atoms with Crippen molar-refractivity contribution in [1.82, 2.24) is 4.90 Å². The van der Waals surface area contributed by atoms with Crippen LogP contribution in [0.25, 0.3) is 0 Å². The fourth-order valence-corrected chi connectivity index (χ4v) is 3.19.